The van der Waals surface area contributed by atoms with Crippen molar-refractivity contribution < 1.29 is 24.0 Å². The van der Waals surface area contributed by atoms with Gasteiger partial charge in [0.25, 0.3) is 5.69 Å². The van der Waals surface area contributed by atoms with Gasteiger partial charge in [0.2, 0.25) is 5.88 Å². The Morgan fingerprint density at radius 3 is 2.59 bits per heavy atom. The lowest BCUT2D eigenvalue weighted by Gasteiger charge is -2.35. The standard InChI is InChI=1S/C23H19ClN2O6/c1-31-23(28)21-19(15-11-14(26(29)30)7-8-16(15)24)20-17(27)9-13(10-18(20)32-22(21)25)12-5-3-2-4-6-12/h2-8,11,13,19H,9-10,25H2,1H3. The topological polar surface area (TPSA) is 122 Å². The van der Waals surface area contributed by atoms with Crippen LogP contribution in [0, 0.1) is 10.1 Å². The second kappa shape index (κ2) is 8.47. The fourth-order valence-electron chi connectivity index (χ4n) is 4.25. The van der Waals surface area contributed by atoms with Gasteiger partial charge in [-0.05, 0) is 23.1 Å². The molecule has 1 heterocycles. The van der Waals surface area contributed by atoms with Crippen molar-refractivity contribution in [3.8, 4) is 0 Å². The molecule has 2 unspecified atom stereocenters. The average Bonchev–Trinajstić information content (AvgIpc) is 2.78. The maximum atomic E-state index is 13.4. The molecule has 0 aromatic heterocycles. The second-order valence-corrected chi connectivity index (χ2v) is 7.95. The third-order valence-electron chi connectivity index (χ3n) is 5.72. The highest BCUT2D eigenvalue weighted by atomic mass is 35.5. The summed E-state index contributed by atoms with van der Waals surface area (Å²) < 4.78 is 10.6. The summed E-state index contributed by atoms with van der Waals surface area (Å²) in [5, 5.41) is 11.5. The number of carbonyl (C=O) groups is 2. The zero-order chi connectivity index (χ0) is 23.0. The number of ketones is 1. The fraction of sp³-hybridized carbons (Fsp3) is 0.217. The van der Waals surface area contributed by atoms with Gasteiger partial charge >= 0.3 is 5.97 Å². The summed E-state index contributed by atoms with van der Waals surface area (Å²) in [5.41, 5.74) is 7.17. The lowest BCUT2D eigenvalue weighted by Crippen LogP contribution is -2.33. The number of nitrogens with two attached hydrogens (primary N) is 1. The maximum Gasteiger partial charge on any atom is 0.340 e. The molecule has 1 aliphatic carbocycles. The largest absolute Gasteiger partial charge is 0.465 e. The zero-order valence-corrected chi connectivity index (χ0v) is 17.8. The van der Waals surface area contributed by atoms with Crippen LogP contribution in [0.1, 0.15) is 35.8 Å². The normalized spacial score (nSPS) is 20.5. The fourth-order valence-corrected chi connectivity index (χ4v) is 4.48. The first-order chi connectivity index (χ1) is 15.3. The average molecular weight is 455 g/mol. The number of halogens is 1. The Morgan fingerprint density at radius 1 is 1.22 bits per heavy atom. The summed E-state index contributed by atoms with van der Waals surface area (Å²) in [5.74, 6) is -2.11. The lowest BCUT2D eigenvalue weighted by atomic mass is 9.73. The highest BCUT2D eigenvalue weighted by Crippen LogP contribution is 2.48. The molecule has 2 N–H and O–H groups in total. The quantitative estimate of drug-likeness (QED) is 0.419. The molecule has 32 heavy (non-hydrogen) atoms. The van der Waals surface area contributed by atoms with Crippen molar-refractivity contribution in [2.45, 2.75) is 24.7 Å². The molecular weight excluding hydrogens is 436 g/mol. The summed E-state index contributed by atoms with van der Waals surface area (Å²) in [6.45, 7) is 0. The van der Waals surface area contributed by atoms with E-state index in [4.69, 9.17) is 26.8 Å². The van der Waals surface area contributed by atoms with Crippen LogP contribution in [-0.4, -0.2) is 23.8 Å². The molecular formula is C23H19ClN2O6. The number of hydrogen-bond acceptors (Lipinski definition) is 7. The van der Waals surface area contributed by atoms with E-state index in [0.717, 1.165) is 5.56 Å². The molecule has 1 aliphatic heterocycles. The lowest BCUT2D eigenvalue weighted by molar-refractivity contribution is -0.384. The number of carbonyl (C=O) groups excluding carboxylic acids is 2. The van der Waals surface area contributed by atoms with Crippen LogP contribution < -0.4 is 5.73 Å². The minimum absolute atomic E-state index is 0.111. The van der Waals surface area contributed by atoms with E-state index in [0.29, 0.717) is 12.2 Å². The van der Waals surface area contributed by atoms with Gasteiger partial charge in [0, 0.05) is 35.6 Å². The Labute approximate surface area is 188 Å². The molecule has 2 aliphatic rings. The monoisotopic (exact) mass is 454 g/mol. The highest BCUT2D eigenvalue weighted by molar-refractivity contribution is 6.31. The van der Waals surface area contributed by atoms with Crippen LogP contribution in [0.15, 0.2) is 71.3 Å². The van der Waals surface area contributed by atoms with E-state index in [1.165, 1.54) is 25.3 Å². The van der Waals surface area contributed by atoms with Crippen LogP contribution in [0.3, 0.4) is 0 Å². The molecule has 2 atom stereocenters. The number of allylic oxidation sites excluding steroid dienone is 2. The van der Waals surface area contributed by atoms with Crippen molar-refractivity contribution in [1.29, 1.82) is 0 Å². The van der Waals surface area contributed by atoms with E-state index in [2.05, 4.69) is 0 Å². The summed E-state index contributed by atoms with van der Waals surface area (Å²) in [6.07, 6.45) is 0.562. The van der Waals surface area contributed by atoms with E-state index >= 15 is 0 Å². The molecule has 0 saturated carbocycles. The maximum absolute atomic E-state index is 13.4. The third kappa shape index (κ3) is 3.73. The van der Waals surface area contributed by atoms with Gasteiger partial charge in [-0.2, -0.15) is 0 Å². The Bertz CT molecular complexity index is 1190. The van der Waals surface area contributed by atoms with Crippen LogP contribution in [0.4, 0.5) is 5.69 Å². The molecule has 9 heteroatoms. The first-order valence-electron chi connectivity index (χ1n) is 9.82. The number of nitro benzene ring substituents is 1. The molecule has 0 radical (unpaired) electrons. The van der Waals surface area contributed by atoms with Crippen molar-refractivity contribution in [2.24, 2.45) is 5.73 Å². The third-order valence-corrected chi connectivity index (χ3v) is 6.06. The predicted octanol–water partition coefficient (Wildman–Crippen LogP) is 4.11. The summed E-state index contributed by atoms with van der Waals surface area (Å²) >= 11 is 6.39. The van der Waals surface area contributed by atoms with Crippen LogP contribution in [0.5, 0.6) is 0 Å². The molecule has 2 aromatic rings. The van der Waals surface area contributed by atoms with E-state index in [9.17, 15) is 19.7 Å². The molecule has 164 valence electrons. The Hall–Kier alpha value is -3.65. The molecule has 0 fully saturated rings. The van der Waals surface area contributed by atoms with Gasteiger partial charge in [0.15, 0.2) is 5.78 Å². The SMILES string of the molecule is COC(=O)C1=C(N)OC2=C(C(=O)CC(c3ccccc3)C2)C1c1cc([N+](=O)[O-])ccc1Cl. The van der Waals surface area contributed by atoms with Gasteiger partial charge in [-0.15, -0.1) is 0 Å². The number of Topliss-reactive ketones (excluding diaryl/α,β-unsaturated/α-hetero) is 1. The number of hydrogen-bond donors (Lipinski definition) is 1. The van der Waals surface area contributed by atoms with Gasteiger partial charge in [-0.25, -0.2) is 4.79 Å². The van der Waals surface area contributed by atoms with Gasteiger partial charge in [0.05, 0.1) is 18.0 Å². The smallest absolute Gasteiger partial charge is 0.340 e. The summed E-state index contributed by atoms with van der Waals surface area (Å²) in [4.78, 5) is 36.8. The van der Waals surface area contributed by atoms with Gasteiger partial charge in [-0.1, -0.05) is 41.9 Å². The molecule has 4 rings (SSSR count). The van der Waals surface area contributed by atoms with E-state index in [1.54, 1.807) is 0 Å². The van der Waals surface area contributed by atoms with E-state index in [-0.39, 0.29) is 51.4 Å². The number of nitro groups is 1. The Morgan fingerprint density at radius 2 is 1.94 bits per heavy atom. The van der Waals surface area contributed by atoms with Gasteiger partial charge in [-0.3, -0.25) is 14.9 Å². The Kier molecular flexibility index (Phi) is 5.71. The number of ether oxygens (including phenoxy) is 2. The molecule has 2 aromatic carbocycles. The van der Waals surface area contributed by atoms with Gasteiger partial charge in [0.1, 0.15) is 11.3 Å². The number of nitrogens with zero attached hydrogens (tertiary/aromatic N) is 1. The minimum Gasteiger partial charge on any atom is -0.465 e. The summed E-state index contributed by atoms with van der Waals surface area (Å²) in [7, 11) is 1.17. The van der Waals surface area contributed by atoms with Gasteiger partial charge < -0.3 is 15.2 Å². The number of methoxy groups -OCH3 is 1. The second-order valence-electron chi connectivity index (χ2n) is 7.54. The predicted molar refractivity (Wildman–Crippen MR) is 116 cm³/mol. The van der Waals surface area contributed by atoms with Crippen molar-refractivity contribution >= 4 is 29.0 Å². The van der Waals surface area contributed by atoms with E-state index in [1.807, 2.05) is 30.3 Å². The molecule has 0 bridgehead atoms. The number of non-ortho nitro benzene ring substituents is 1. The van der Waals surface area contributed by atoms with Crippen LogP contribution in [0.25, 0.3) is 0 Å². The van der Waals surface area contributed by atoms with Crippen molar-refractivity contribution in [2.75, 3.05) is 7.11 Å². The molecule has 0 amide bonds. The highest BCUT2D eigenvalue weighted by Gasteiger charge is 2.44. The van der Waals surface area contributed by atoms with Crippen molar-refractivity contribution in [3.63, 3.8) is 0 Å². The number of benzene rings is 2. The molecule has 8 nitrogen and oxygen atoms in total. The summed E-state index contributed by atoms with van der Waals surface area (Å²) in [6, 6.07) is 13.4. The first kappa shape index (κ1) is 21.6. The van der Waals surface area contributed by atoms with Crippen molar-refractivity contribution in [1.82, 2.24) is 0 Å². The zero-order valence-electron chi connectivity index (χ0n) is 17.0. The Balaban J connectivity index is 1.88. The number of rotatable bonds is 4. The van der Waals surface area contributed by atoms with Crippen molar-refractivity contribution in [3.05, 3.63) is 97.6 Å². The molecule has 0 spiro atoms. The van der Waals surface area contributed by atoms with Crippen LogP contribution in [0.2, 0.25) is 5.02 Å². The number of esters is 1. The van der Waals surface area contributed by atoms with Crippen LogP contribution >= 0.6 is 11.6 Å². The minimum atomic E-state index is -1.04. The molecule has 0 saturated heterocycles. The first-order valence-corrected chi connectivity index (χ1v) is 10.2. The van der Waals surface area contributed by atoms with Crippen LogP contribution in [-0.2, 0) is 19.1 Å². The van der Waals surface area contributed by atoms with E-state index < -0.39 is 16.8 Å².